The lowest BCUT2D eigenvalue weighted by Gasteiger charge is -2.11. The average molecular weight is 373 g/mol. The number of hydrogen-bond acceptors (Lipinski definition) is 4. The third kappa shape index (κ3) is 3.27. The van der Waals surface area contributed by atoms with E-state index in [2.05, 4.69) is 34.8 Å². The van der Waals surface area contributed by atoms with Crippen molar-refractivity contribution in [3.63, 3.8) is 0 Å². The van der Waals surface area contributed by atoms with Gasteiger partial charge in [-0.2, -0.15) is 0 Å². The van der Waals surface area contributed by atoms with Crippen molar-refractivity contribution in [3.8, 4) is 22.8 Å². The quantitative estimate of drug-likeness (QED) is 0.520. The van der Waals surface area contributed by atoms with Crippen LogP contribution in [0.1, 0.15) is 11.1 Å². The molecule has 4 rings (SSSR count). The number of nitrogens with one attached hydrogen (secondary N) is 1. The third-order valence-corrected chi connectivity index (χ3v) is 4.80. The molecule has 0 saturated carbocycles. The van der Waals surface area contributed by atoms with Crippen LogP contribution in [0.3, 0.4) is 0 Å². The number of aromatic nitrogens is 2. The molecule has 0 aliphatic heterocycles. The van der Waals surface area contributed by atoms with Crippen LogP contribution in [0.2, 0.25) is 0 Å². The second-order valence-electron chi connectivity index (χ2n) is 6.60. The van der Waals surface area contributed by atoms with Crippen molar-refractivity contribution in [2.24, 2.45) is 0 Å². The van der Waals surface area contributed by atoms with Crippen LogP contribution < -0.4 is 14.8 Å². The summed E-state index contributed by atoms with van der Waals surface area (Å²) in [7, 11) is 3.28. The summed E-state index contributed by atoms with van der Waals surface area (Å²) in [6.45, 7) is 2.78. The largest absolute Gasteiger partial charge is 0.493 e. The molecule has 2 heterocycles. The zero-order valence-electron chi connectivity index (χ0n) is 16.3. The highest BCUT2D eigenvalue weighted by atomic mass is 16.5. The number of imidazole rings is 1. The van der Waals surface area contributed by atoms with Gasteiger partial charge in [-0.25, -0.2) is 4.98 Å². The van der Waals surface area contributed by atoms with Gasteiger partial charge in [-0.1, -0.05) is 36.4 Å². The van der Waals surface area contributed by atoms with Crippen LogP contribution in [0.5, 0.6) is 11.5 Å². The van der Waals surface area contributed by atoms with Crippen molar-refractivity contribution in [1.29, 1.82) is 0 Å². The van der Waals surface area contributed by atoms with Crippen molar-refractivity contribution < 1.29 is 9.47 Å². The van der Waals surface area contributed by atoms with Crippen LogP contribution in [0.4, 0.5) is 5.82 Å². The first kappa shape index (κ1) is 17.9. The molecule has 2 aromatic heterocycles. The molecule has 0 fully saturated rings. The summed E-state index contributed by atoms with van der Waals surface area (Å²) >= 11 is 0. The minimum atomic E-state index is 0.683. The first-order valence-electron chi connectivity index (χ1n) is 9.19. The van der Waals surface area contributed by atoms with Gasteiger partial charge in [0.25, 0.3) is 0 Å². The lowest BCUT2D eigenvalue weighted by Crippen LogP contribution is -2.03. The highest BCUT2D eigenvalue weighted by Crippen LogP contribution is 2.36. The van der Waals surface area contributed by atoms with Gasteiger partial charge in [0.1, 0.15) is 17.2 Å². The van der Waals surface area contributed by atoms with E-state index in [4.69, 9.17) is 14.5 Å². The zero-order valence-corrected chi connectivity index (χ0v) is 16.3. The van der Waals surface area contributed by atoms with Gasteiger partial charge < -0.3 is 14.8 Å². The topological polar surface area (TPSA) is 47.8 Å². The second-order valence-corrected chi connectivity index (χ2v) is 6.60. The Hall–Kier alpha value is -3.47. The smallest absolute Gasteiger partial charge is 0.161 e. The molecule has 1 N–H and O–H groups in total. The number of benzene rings is 2. The van der Waals surface area contributed by atoms with Crippen molar-refractivity contribution >= 4 is 11.5 Å². The number of pyridine rings is 1. The fraction of sp³-hybridized carbons (Fsp3) is 0.174. The van der Waals surface area contributed by atoms with Crippen LogP contribution in [0.15, 0.2) is 66.9 Å². The Bertz CT molecular complexity index is 1100. The minimum Gasteiger partial charge on any atom is -0.493 e. The van der Waals surface area contributed by atoms with Crippen LogP contribution >= 0.6 is 0 Å². The molecule has 0 aliphatic carbocycles. The number of fused-ring (bicyclic) bond motifs is 1. The number of anilines is 1. The Morgan fingerprint density at radius 3 is 2.46 bits per heavy atom. The Morgan fingerprint density at radius 2 is 1.71 bits per heavy atom. The second kappa shape index (κ2) is 7.64. The predicted molar refractivity (Wildman–Crippen MR) is 112 cm³/mol. The first-order valence-corrected chi connectivity index (χ1v) is 9.19. The fourth-order valence-corrected chi connectivity index (χ4v) is 3.34. The van der Waals surface area contributed by atoms with Gasteiger partial charge in [0, 0.05) is 18.3 Å². The lowest BCUT2D eigenvalue weighted by molar-refractivity contribution is 0.355. The van der Waals surface area contributed by atoms with E-state index in [0.717, 1.165) is 28.3 Å². The third-order valence-electron chi connectivity index (χ3n) is 4.80. The Labute approximate surface area is 164 Å². The van der Waals surface area contributed by atoms with E-state index in [9.17, 15) is 0 Å². The Balaban J connectivity index is 1.82. The molecule has 5 heteroatoms. The lowest BCUT2D eigenvalue weighted by atomic mass is 10.1. The molecule has 4 aromatic rings. The van der Waals surface area contributed by atoms with Gasteiger partial charge in [0.15, 0.2) is 11.5 Å². The van der Waals surface area contributed by atoms with Crippen LogP contribution in [-0.4, -0.2) is 23.6 Å². The Morgan fingerprint density at radius 1 is 0.929 bits per heavy atom. The van der Waals surface area contributed by atoms with E-state index in [-0.39, 0.29) is 0 Å². The summed E-state index contributed by atoms with van der Waals surface area (Å²) in [5, 5.41) is 3.57. The molecule has 5 nitrogen and oxygen atoms in total. The van der Waals surface area contributed by atoms with Gasteiger partial charge >= 0.3 is 0 Å². The number of nitrogens with zero attached hydrogens (tertiary/aromatic N) is 2. The summed E-state index contributed by atoms with van der Waals surface area (Å²) < 4.78 is 13.0. The van der Waals surface area contributed by atoms with Crippen LogP contribution in [0, 0.1) is 6.92 Å². The molecule has 0 aliphatic rings. The standard InChI is InChI=1S/C23H23N3O2/c1-16-8-7-13-26-22(16)25-21(18-11-12-19(27-2)20(14-18)28-3)23(26)24-15-17-9-5-4-6-10-17/h4-14,24H,15H2,1-3H3. The SMILES string of the molecule is COc1ccc(-c2nc3c(C)cccn3c2NCc2ccccc2)cc1OC. The summed E-state index contributed by atoms with van der Waals surface area (Å²) in [5.41, 5.74) is 5.12. The van der Waals surface area contributed by atoms with Crippen molar-refractivity contribution in [3.05, 3.63) is 78.0 Å². The average Bonchev–Trinajstić information content (AvgIpc) is 3.12. The molecular weight excluding hydrogens is 350 g/mol. The number of hydrogen-bond donors (Lipinski definition) is 1. The molecule has 0 radical (unpaired) electrons. The number of rotatable bonds is 6. The fourth-order valence-electron chi connectivity index (χ4n) is 3.34. The van der Waals surface area contributed by atoms with Gasteiger partial charge in [-0.15, -0.1) is 0 Å². The van der Waals surface area contributed by atoms with Gasteiger partial charge in [0.05, 0.1) is 14.2 Å². The van der Waals surface area contributed by atoms with Crippen molar-refractivity contribution in [2.45, 2.75) is 13.5 Å². The molecule has 0 saturated heterocycles. The summed E-state index contributed by atoms with van der Waals surface area (Å²) in [6.07, 6.45) is 2.03. The van der Waals surface area contributed by atoms with Crippen molar-refractivity contribution in [2.75, 3.05) is 19.5 Å². The van der Waals surface area contributed by atoms with Gasteiger partial charge in [-0.05, 0) is 42.3 Å². The zero-order chi connectivity index (χ0) is 19.5. The summed E-state index contributed by atoms with van der Waals surface area (Å²) in [5.74, 6) is 2.34. The monoisotopic (exact) mass is 373 g/mol. The van der Waals surface area contributed by atoms with Gasteiger partial charge in [-0.3, -0.25) is 4.40 Å². The summed E-state index contributed by atoms with van der Waals surface area (Å²) in [4.78, 5) is 4.93. The number of aryl methyl sites for hydroxylation is 1. The predicted octanol–water partition coefficient (Wildman–Crippen LogP) is 4.94. The van der Waals surface area contributed by atoms with E-state index in [1.807, 2.05) is 48.7 Å². The summed E-state index contributed by atoms with van der Waals surface area (Å²) in [6, 6.07) is 20.3. The number of ether oxygens (including phenoxy) is 2. The minimum absolute atomic E-state index is 0.683. The van der Waals surface area contributed by atoms with Crippen LogP contribution in [0.25, 0.3) is 16.9 Å². The molecule has 0 bridgehead atoms. The maximum atomic E-state index is 5.49. The van der Waals surface area contributed by atoms with E-state index in [1.165, 1.54) is 5.56 Å². The van der Waals surface area contributed by atoms with E-state index in [0.29, 0.717) is 18.0 Å². The molecular formula is C23H23N3O2. The highest BCUT2D eigenvalue weighted by Gasteiger charge is 2.17. The maximum Gasteiger partial charge on any atom is 0.161 e. The first-order chi connectivity index (χ1) is 13.7. The van der Waals surface area contributed by atoms with Gasteiger partial charge in [0.2, 0.25) is 0 Å². The van der Waals surface area contributed by atoms with E-state index in [1.54, 1.807) is 14.2 Å². The highest BCUT2D eigenvalue weighted by molar-refractivity contribution is 5.78. The Kier molecular flexibility index (Phi) is 4.89. The van der Waals surface area contributed by atoms with E-state index < -0.39 is 0 Å². The molecule has 2 aromatic carbocycles. The molecule has 28 heavy (non-hydrogen) atoms. The van der Waals surface area contributed by atoms with Crippen LogP contribution in [-0.2, 0) is 6.54 Å². The molecule has 142 valence electrons. The maximum absolute atomic E-state index is 5.49. The van der Waals surface area contributed by atoms with Crippen molar-refractivity contribution in [1.82, 2.24) is 9.38 Å². The normalized spacial score (nSPS) is 10.8. The van der Waals surface area contributed by atoms with E-state index >= 15 is 0 Å². The molecule has 0 spiro atoms. The molecule has 0 amide bonds. The molecule has 0 atom stereocenters. The number of methoxy groups -OCH3 is 2. The molecule has 0 unspecified atom stereocenters.